The van der Waals surface area contributed by atoms with E-state index >= 15 is 0 Å². The van der Waals surface area contributed by atoms with Crippen molar-refractivity contribution in [3.8, 4) is 0 Å². The highest BCUT2D eigenvalue weighted by Gasteiger charge is 2.33. The number of nitrogens with one attached hydrogen (secondary N) is 1. The van der Waals surface area contributed by atoms with Crippen molar-refractivity contribution in [1.29, 1.82) is 0 Å². The van der Waals surface area contributed by atoms with Crippen LogP contribution in [-0.4, -0.2) is 16.3 Å². The monoisotopic (exact) mass is 269 g/mol. The lowest BCUT2D eigenvalue weighted by molar-refractivity contribution is 0.281. The number of aromatic nitrogens is 2. The molecule has 0 radical (unpaired) electrons. The van der Waals surface area contributed by atoms with Crippen LogP contribution >= 0.6 is 0 Å². The summed E-state index contributed by atoms with van der Waals surface area (Å²) in [5.74, 6) is 0.579. The van der Waals surface area contributed by atoms with Crippen LogP contribution in [0.1, 0.15) is 55.0 Å². The molecule has 20 heavy (non-hydrogen) atoms. The van der Waals surface area contributed by atoms with Crippen molar-refractivity contribution in [2.45, 2.75) is 45.2 Å². The third-order valence-electron chi connectivity index (χ3n) is 4.34. The molecule has 2 aromatic rings. The fourth-order valence-electron chi connectivity index (χ4n) is 3.42. The molecule has 0 fully saturated rings. The largest absolute Gasteiger partial charge is 0.308 e. The van der Waals surface area contributed by atoms with E-state index in [9.17, 15) is 0 Å². The second-order valence-corrected chi connectivity index (χ2v) is 5.87. The lowest BCUT2D eigenvalue weighted by Crippen LogP contribution is -2.35. The first-order valence-electron chi connectivity index (χ1n) is 7.53. The molecule has 0 spiro atoms. The van der Waals surface area contributed by atoms with Crippen LogP contribution in [0.2, 0.25) is 0 Å². The van der Waals surface area contributed by atoms with Crippen LogP contribution in [0.5, 0.6) is 0 Å². The quantitative estimate of drug-likeness (QED) is 0.923. The molecule has 0 aliphatic heterocycles. The van der Waals surface area contributed by atoms with Gasteiger partial charge < -0.3 is 5.32 Å². The number of fused-ring (bicyclic) bond motifs is 1. The highest BCUT2D eigenvalue weighted by molar-refractivity contribution is 5.36. The predicted molar refractivity (Wildman–Crippen MR) is 81.9 cm³/mol. The fourth-order valence-corrected chi connectivity index (χ4v) is 3.42. The molecular weight excluding hydrogens is 246 g/mol. The van der Waals surface area contributed by atoms with Crippen LogP contribution in [-0.2, 0) is 0 Å². The average molecular weight is 269 g/mol. The lowest BCUT2D eigenvalue weighted by atomic mass is 9.78. The maximum absolute atomic E-state index is 4.56. The van der Waals surface area contributed by atoms with Crippen molar-refractivity contribution in [2.75, 3.05) is 6.54 Å². The minimum atomic E-state index is 0.353. The normalized spacial score (nSPS) is 25.4. The Bertz CT molecular complexity index is 587. The van der Waals surface area contributed by atoms with E-state index in [1.165, 1.54) is 16.7 Å². The highest BCUT2D eigenvalue weighted by atomic mass is 15.3. The number of aryl methyl sites for hydroxylation is 1. The maximum Gasteiger partial charge on any atom is 0.0719 e. The first kappa shape index (κ1) is 13.4. The molecular formula is C17H23N3. The molecule has 1 heterocycles. The summed E-state index contributed by atoms with van der Waals surface area (Å²) in [4.78, 5) is 0. The van der Waals surface area contributed by atoms with E-state index in [1.807, 2.05) is 6.20 Å². The molecule has 3 nitrogen and oxygen atoms in total. The van der Waals surface area contributed by atoms with Gasteiger partial charge in [0, 0.05) is 6.20 Å². The maximum atomic E-state index is 4.56. The molecule has 3 atom stereocenters. The van der Waals surface area contributed by atoms with E-state index in [0.717, 1.165) is 13.0 Å². The Labute approximate surface area is 121 Å². The molecule has 1 aromatic heterocycles. The molecule has 1 aliphatic carbocycles. The van der Waals surface area contributed by atoms with Crippen LogP contribution in [0, 0.1) is 6.92 Å². The summed E-state index contributed by atoms with van der Waals surface area (Å²) >= 11 is 0. The Morgan fingerprint density at radius 3 is 2.70 bits per heavy atom. The van der Waals surface area contributed by atoms with E-state index in [2.05, 4.69) is 66.3 Å². The van der Waals surface area contributed by atoms with Gasteiger partial charge in [0.1, 0.15) is 0 Å². The fraction of sp³-hybridized carbons (Fsp3) is 0.471. The van der Waals surface area contributed by atoms with E-state index in [0.29, 0.717) is 18.0 Å². The van der Waals surface area contributed by atoms with Gasteiger partial charge in [-0.05, 0) is 42.5 Å². The first-order chi connectivity index (χ1) is 9.70. The van der Waals surface area contributed by atoms with E-state index in [4.69, 9.17) is 0 Å². The van der Waals surface area contributed by atoms with Gasteiger partial charge in [0.15, 0.2) is 0 Å². The number of nitrogens with zero attached hydrogens (tertiary/aromatic N) is 2. The zero-order chi connectivity index (χ0) is 14.1. The summed E-state index contributed by atoms with van der Waals surface area (Å²) in [6, 6.07) is 9.58. The van der Waals surface area contributed by atoms with Gasteiger partial charge >= 0.3 is 0 Å². The number of hydrogen-bond donors (Lipinski definition) is 1. The van der Waals surface area contributed by atoms with Gasteiger partial charge in [-0.3, -0.25) is 4.68 Å². The second kappa shape index (κ2) is 5.41. The Morgan fingerprint density at radius 2 is 2.05 bits per heavy atom. The van der Waals surface area contributed by atoms with Crippen LogP contribution in [0.4, 0.5) is 0 Å². The zero-order valence-electron chi connectivity index (χ0n) is 12.5. The number of benzene rings is 1. The average Bonchev–Trinajstić information content (AvgIpc) is 2.88. The first-order valence-corrected chi connectivity index (χ1v) is 7.53. The summed E-state index contributed by atoms with van der Waals surface area (Å²) in [6.45, 7) is 7.58. The topological polar surface area (TPSA) is 29.9 Å². The summed E-state index contributed by atoms with van der Waals surface area (Å²) in [5, 5.41) is 8.21. The molecule has 106 valence electrons. The third kappa shape index (κ3) is 2.27. The molecule has 0 bridgehead atoms. The van der Waals surface area contributed by atoms with E-state index < -0.39 is 0 Å². The van der Waals surface area contributed by atoms with Gasteiger partial charge in [-0.2, -0.15) is 5.10 Å². The van der Waals surface area contributed by atoms with Crippen molar-refractivity contribution in [2.24, 2.45) is 0 Å². The van der Waals surface area contributed by atoms with Crippen LogP contribution in [0.15, 0.2) is 36.7 Å². The minimum absolute atomic E-state index is 0.353. The molecule has 0 amide bonds. The van der Waals surface area contributed by atoms with Crippen LogP contribution in [0.25, 0.3) is 0 Å². The Morgan fingerprint density at radius 1 is 1.30 bits per heavy atom. The Balaban J connectivity index is 2.03. The predicted octanol–water partition coefficient (Wildman–Crippen LogP) is 3.59. The second-order valence-electron chi connectivity index (χ2n) is 5.87. The lowest BCUT2D eigenvalue weighted by Gasteiger charge is -2.37. The van der Waals surface area contributed by atoms with Gasteiger partial charge in [-0.15, -0.1) is 0 Å². The standard InChI is InChI=1S/C17H23N3/c1-4-18-17-15-8-6-5-7-14(15)13(3)9-16(17)20-11-12(2)10-19-20/h5-8,10-11,13,16-18H,4,9H2,1-3H3. The van der Waals surface area contributed by atoms with Gasteiger partial charge in [0.05, 0.1) is 18.3 Å². The van der Waals surface area contributed by atoms with Crippen molar-refractivity contribution < 1.29 is 0 Å². The van der Waals surface area contributed by atoms with Crippen molar-refractivity contribution >= 4 is 0 Å². The summed E-state index contributed by atoms with van der Waals surface area (Å²) in [6.07, 6.45) is 5.25. The molecule has 1 aliphatic rings. The van der Waals surface area contributed by atoms with Crippen molar-refractivity contribution in [3.63, 3.8) is 0 Å². The summed E-state index contributed by atoms with van der Waals surface area (Å²) in [5.41, 5.74) is 4.15. The minimum Gasteiger partial charge on any atom is -0.308 e. The molecule has 1 N–H and O–H groups in total. The Kier molecular flexibility index (Phi) is 3.62. The molecule has 3 rings (SSSR count). The molecule has 3 unspecified atom stereocenters. The molecule has 3 heteroatoms. The highest BCUT2D eigenvalue weighted by Crippen LogP contribution is 2.43. The number of likely N-dealkylation sites (N-methyl/N-ethyl adjacent to an activating group) is 1. The number of rotatable bonds is 3. The van der Waals surface area contributed by atoms with Crippen LogP contribution < -0.4 is 5.32 Å². The summed E-state index contributed by atoms with van der Waals surface area (Å²) in [7, 11) is 0. The van der Waals surface area contributed by atoms with E-state index in [-0.39, 0.29) is 0 Å². The van der Waals surface area contributed by atoms with E-state index in [1.54, 1.807) is 0 Å². The van der Waals surface area contributed by atoms with Gasteiger partial charge in [-0.25, -0.2) is 0 Å². The molecule has 1 aromatic carbocycles. The third-order valence-corrected chi connectivity index (χ3v) is 4.34. The van der Waals surface area contributed by atoms with Gasteiger partial charge in [0.2, 0.25) is 0 Å². The van der Waals surface area contributed by atoms with Crippen molar-refractivity contribution in [1.82, 2.24) is 15.1 Å². The SMILES string of the molecule is CCNC1c2ccccc2C(C)CC1n1cc(C)cn1. The molecule has 0 saturated heterocycles. The van der Waals surface area contributed by atoms with Crippen LogP contribution in [0.3, 0.4) is 0 Å². The van der Waals surface area contributed by atoms with Crippen molar-refractivity contribution in [3.05, 3.63) is 53.3 Å². The van der Waals surface area contributed by atoms with Gasteiger partial charge in [0.25, 0.3) is 0 Å². The molecule has 0 saturated carbocycles. The zero-order valence-corrected chi connectivity index (χ0v) is 12.5. The summed E-state index contributed by atoms with van der Waals surface area (Å²) < 4.78 is 2.15. The smallest absolute Gasteiger partial charge is 0.0719 e. The Hall–Kier alpha value is -1.61. The van der Waals surface area contributed by atoms with Gasteiger partial charge in [-0.1, -0.05) is 38.1 Å². The number of hydrogen-bond acceptors (Lipinski definition) is 2.